The molecule has 1 aromatic heterocycles. The monoisotopic (exact) mass is 304 g/mol. The van der Waals surface area contributed by atoms with Crippen LogP contribution in [0, 0.1) is 6.92 Å². The van der Waals surface area contributed by atoms with Gasteiger partial charge in [0.15, 0.2) is 0 Å². The average molecular weight is 304 g/mol. The lowest BCUT2D eigenvalue weighted by molar-refractivity contribution is -0.145. The molecular formula is C13H19F3N4O. The molecule has 118 valence electrons. The van der Waals surface area contributed by atoms with E-state index in [1.165, 1.54) is 6.20 Å². The smallest absolute Gasteiger partial charge is 0.376 e. The fraction of sp³-hybridized carbons (Fsp3) is 0.692. The van der Waals surface area contributed by atoms with Crippen molar-refractivity contribution in [2.75, 3.05) is 26.2 Å². The van der Waals surface area contributed by atoms with Gasteiger partial charge in [-0.1, -0.05) is 0 Å². The third-order valence-electron chi connectivity index (χ3n) is 3.44. The van der Waals surface area contributed by atoms with Gasteiger partial charge in [0.25, 0.3) is 0 Å². The summed E-state index contributed by atoms with van der Waals surface area (Å²) in [6, 6.07) is 0. The van der Waals surface area contributed by atoms with Gasteiger partial charge in [-0.2, -0.15) is 13.2 Å². The summed E-state index contributed by atoms with van der Waals surface area (Å²) in [5, 5.41) is 0. The van der Waals surface area contributed by atoms with E-state index < -0.39 is 12.0 Å². The fourth-order valence-electron chi connectivity index (χ4n) is 2.31. The number of nitrogens with zero attached hydrogens (tertiary/aromatic N) is 3. The molecule has 0 saturated carbocycles. The standard InChI is InChI=1S/C13H19F3N4O/c1-9-10(6-18-12(19-9)13(14,15)16)7-20-4-5-21-11(8-20)2-3-17/h6,11H,2-5,7-8,17H2,1H3. The zero-order valence-electron chi connectivity index (χ0n) is 11.9. The minimum atomic E-state index is -4.51. The van der Waals surface area contributed by atoms with E-state index in [1.54, 1.807) is 6.92 Å². The largest absolute Gasteiger partial charge is 0.451 e. The number of nitrogens with two attached hydrogens (primary N) is 1. The number of ether oxygens (including phenoxy) is 1. The fourth-order valence-corrected chi connectivity index (χ4v) is 2.31. The topological polar surface area (TPSA) is 64.3 Å². The van der Waals surface area contributed by atoms with Crippen LogP contribution in [0.3, 0.4) is 0 Å². The molecule has 0 aromatic carbocycles. The Bertz CT molecular complexity index is 479. The predicted octanol–water partition coefficient (Wildman–Crippen LogP) is 1.35. The molecule has 2 N–H and O–H groups in total. The van der Waals surface area contributed by atoms with Crippen LogP contribution in [0.25, 0.3) is 0 Å². The van der Waals surface area contributed by atoms with Gasteiger partial charge in [0.05, 0.1) is 12.7 Å². The molecule has 1 atom stereocenters. The molecule has 0 spiro atoms. The number of rotatable bonds is 4. The number of hydrogen-bond donors (Lipinski definition) is 1. The summed E-state index contributed by atoms with van der Waals surface area (Å²) in [6.45, 7) is 4.71. The van der Waals surface area contributed by atoms with Crippen molar-refractivity contribution in [3.8, 4) is 0 Å². The second-order valence-electron chi connectivity index (χ2n) is 5.11. The number of alkyl halides is 3. The molecule has 1 saturated heterocycles. The molecular weight excluding hydrogens is 285 g/mol. The van der Waals surface area contributed by atoms with Gasteiger partial charge in [0.1, 0.15) is 0 Å². The zero-order valence-corrected chi connectivity index (χ0v) is 11.9. The van der Waals surface area contributed by atoms with Gasteiger partial charge in [-0.05, 0) is 19.9 Å². The van der Waals surface area contributed by atoms with Crippen LogP contribution in [0.5, 0.6) is 0 Å². The lowest BCUT2D eigenvalue weighted by Crippen LogP contribution is -2.42. The van der Waals surface area contributed by atoms with E-state index in [4.69, 9.17) is 10.5 Å². The van der Waals surface area contributed by atoms with E-state index in [0.717, 1.165) is 19.5 Å². The van der Waals surface area contributed by atoms with Gasteiger partial charge in [0.2, 0.25) is 5.82 Å². The highest BCUT2D eigenvalue weighted by atomic mass is 19.4. The molecule has 1 aliphatic rings. The first-order valence-corrected chi connectivity index (χ1v) is 6.84. The summed E-state index contributed by atoms with van der Waals surface area (Å²) in [5.74, 6) is -1.09. The molecule has 2 rings (SSSR count). The average Bonchev–Trinajstić information content (AvgIpc) is 2.41. The number of halogens is 3. The number of morpholine rings is 1. The van der Waals surface area contributed by atoms with Crippen LogP contribution in [0.4, 0.5) is 13.2 Å². The summed E-state index contributed by atoms with van der Waals surface area (Å²) < 4.78 is 43.2. The summed E-state index contributed by atoms with van der Waals surface area (Å²) in [4.78, 5) is 9.10. The predicted molar refractivity (Wildman–Crippen MR) is 70.5 cm³/mol. The van der Waals surface area contributed by atoms with Crippen molar-refractivity contribution in [1.82, 2.24) is 14.9 Å². The van der Waals surface area contributed by atoms with Gasteiger partial charge in [-0.3, -0.25) is 4.90 Å². The van der Waals surface area contributed by atoms with Gasteiger partial charge in [-0.15, -0.1) is 0 Å². The first-order chi connectivity index (χ1) is 9.90. The van der Waals surface area contributed by atoms with Gasteiger partial charge in [-0.25, -0.2) is 9.97 Å². The van der Waals surface area contributed by atoms with E-state index >= 15 is 0 Å². The van der Waals surface area contributed by atoms with Gasteiger partial charge < -0.3 is 10.5 Å². The molecule has 2 heterocycles. The minimum Gasteiger partial charge on any atom is -0.376 e. The van der Waals surface area contributed by atoms with E-state index in [0.29, 0.717) is 31.0 Å². The van der Waals surface area contributed by atoms with Crippen molar-refractivity contribution in [3.05, 3.63) is 23.3 Å². The van der Waals surface area contributed by atoms with Crippen LogP contribution in [-0.4, -0.2) is 47.2 Å². The van der Waals surface area contributed by atoms with Crippen LogP contribution in [0.1, 0.15) is 23.5 Å². The highest BCUT2D eigenvalue weighted by Gasteiger charge is 2.35. The van der Waals surface area contributed by atoms with Crippen LogP contribution in [0.2, 0.25) is 0 Å². The summed E-state index contributed by atoms with van der Waals surface area (Å²) in [7, 11) is 0. The quantitative estimate of drug-likeness (QED) is 0.910. The van der Waals surface area contributed by atoms with Crippen molar-refractivity contribution in [2.45, 2.75) is 32.2 Å². The Kier molecular flexibility index (Phi) is 5.13. The molecule has 0 amide bonds. The first-order valence-electron chi connectivity index (χ1n) is 6.84. The molecule has 1 unspecified atom stereocenters. The number of aryl methyl sites for hydroxylation is 1. The van der Waals surface area contributed by atoms with Crippen molar-refractivity contribution >= 4 is 0 Å². The molecule has 1 aliphatic heterocycles. The molecule has 21 heavy (non-hydrogen) atoms. The van der Waals surface area contributed by atoms with E-state index in [-0.39, 0.29) is 6.10 Å². The van der Waals surface area contributed by atoms with E-state index in [2.05, 4.69) is 14.9 Å². The molecule has 0 bridgehead atoms. The Hall–Kier alpha value is -1.25. The second-order valence-corrected chi connectivity index (χ2v) is 5.11. The van der Waals surface area contributed by atoms with Crippen LogP contribution in [-0.2, 0) is 17.5 Å². The normalized spacial score (nSPS) is 20.7. The molecule has 1 fully saturated rings. The maximum atomic E-state index is 12.5. The lowest BCUT2D eigenvalue weighted by atomic mass is 10.1. The van der Waals surface area contributed by atoms with Crippen molar-refractivity contribution < 1.29 is 17.9 Å². The molecule has 1 aromatic rings. The Balaban J connectivity index is 2.02. The highest BCUT2D eigenvalue weighted by molar-refractivity contribution is 5.17. The summed E-state index contributed by atoms with van der Waals surface area (Å²) in [5.41, 5.74) is 6.58. The SMILES string of the molecule is Cc1nc(C(F)(F)F)ncc1CN1CCOC(CCN)C1. The highest BCUT2D eigenvalue weighted by Crippen LogP contribution is 2.26. The summed E-state index contributed by atoms with van der Waals surface area (Å²) in [6.07, 6.45) is -2.38. The van der Waals surface area contributed by atoms with Crippen molar-refractivity contribution in [3.63, 3.8) is 0 Å². The van der Waals surface area contributed by atoms with E-state index in [9.17, 15) is 13.2 Å². The van der Waals surface area contributed by atoms with Crippen LogP contribution >= 0.6 is 0 Å². The maximum Gasteiger partial charge on any atom is 0.451 e. The molecule has 5 nitrogen and oxygen atoms in total. The molecule has 8 heteroatoms. The van der Waals surface area contributed by atoms with Crippen molar-refractivity contribution in [2.24, 2.45) is 5.73 Å². The molecule has 0 aliphatic carbocycles. The maximum absolute atomic E-state index is 12.5. The van der Waals surface area contributed by atoms with Crippen molar-refractivity contribution in [1.29, 1.82) is 0 Å². The van der Waals surface area contributed by atoms with Gasteiger partial charge in [0, 0.05) is 37.1 Å². The van der Waals surface area contributed by atoms with Gasteiger partial charge >= 0.3 is 6.18 Å². The Morgan fingerprint density at radius 3 is 2.86 bits per heavy atom. The van der Waals surface area contributed by atoms with E-state index in [1.807, 2.05) is 0 Å². The number of hydrogen-bond acceptors (Lipinski definition) is 5. The third-order valence-corrected chi connectivity index (χ3v) is 3.44. The Morgan fingerprint density at radius 1 is 1.48 bits per heavy atom. The third kappa shape index (κ3) is 4.36. The first kappa shape index (κ1) is 16.1. The van der Waals surface area contributed by atoms with Crippen LogP contribution < -0.4 is 5.73 Å². The second kappa shape index (κ2) is 6.67. The number of aromatic nitrogens is 2. The Morgan fingerprint density at radius 2 is 2.24 bits per heavy atom. The lowest BCUT2D eigenvalue weighted by Gasteiger charge is -2.33. The van der Waals surface area contributed by atoms with Crippen LogP contribution in [0.15, 0.2) is 6.20 Å². The minimum absolute atomic E-state index is 0.0828. The zero-order chi connectivity index (χ0) is 15.5. The molecule has 0 radical (unpaired) electrons. The summed E-state index contributed by atoms with van der Waals surface area (Å²) >= 11 is 0. The Labute approximate surface area is 121 Å².